The molecule has 5 rings (SSSR count). The summed E-state index contributed by atoms with van der Waals surface area (Å²) < 4.78 is 31.7. The standard InChI is InChI=1S/C25H23N3O4S/c1-16-6-5-9-23(17(16)2)28-25(21-14-33(30,31)15-22(21)27-28)26-24(29)13-32-20-11-10-18-7-3-4-8-19(18)12-20/h3-12H,13-15H2,1-2H3,(H,26,29). The maximum atomic E-state index is 12.8. The van der Waals surface area contributed by atoms with Gasteiger partial charge in [-0.1, -0.05) is 42.5 Å². The zero-order valence-electron chi connectivity index (χ0n) is 18.3. The van der Waals surface area contributed by atoms with Crippen LogP contribution in [0.2, 0.25) is 0 Å². The minimum Gasteiger partial charge on any atom is -0.484 e. The van der Waals surface area contributed by atoms with Crippen LogP contribution in [0, 0.1) is 13.8 Å². The predicted octanol–water partition coefficient (Wildman–Crippen LogP) is 4.09. The van der Waals surface area contributed by atoms with Crippen LogP contribution >= 0.6 is 0 Å². The second kappa shape index (κ2) is 8.04. The average molecular weight is 462 g/mol. The fraction of sp³-hybridized carbons (Fsp3) is 0.200. The van der Waals surface area contributed by atoms with Gasteiger partial charge in [0.05, 0.1) is 22.9 Å². The van der Waals surface area contributed by atoms with Gasteiger partial charge in [-0.3, -0.25) is 4.79 Å². The van der Waals surface area contributed by atoms with E-state index in [0.29, 0.717) is 22.8 Å². The van der Waals surface area contributed by atoms with E-state index in [1.807, 2.05) is 74.5 Å². The molecule has 7 nitrogen and oxygen atoms in total. The van der Waals surface area contributed by atoms with Crippen LogP contribution in [0.15, 0.2) is 60.7 Å². The average Bonchev–Trinajstić information content (AvgIpc) is 3.26. The quantitative estimate of drug-likeness (QED) is 0.484. The Hall–Kier alpha value is -3.65. The molecule has 0 radical (unpaired) electrons. The lowest BCUT2D eigenvalue weighted by atomic mass is 10.1. The SMILES string of the molecule is Cc1cccc(-n2nc3c(c2NC(=O)COc2ccc4ccccc4c2)CS(=O)(=O)C3)c1C. The summed E-state index contributed by atoms with van der Waals surface area (Å²) in [4.78, 5) is 12.8. The van der Waals surface area contributed by atoms with Crippen LogP contribution in [0.1, 0.15) is 22.4 Å². The summed E-state index contributed by atoms with van der Waals surface area (Å²) in [5, 5.41) is 9.51. The molecule has 1 N–H and O–H groups in total. The van der Waals surface area contributed by atoms with E-state index >= 15 is 0 Å². The first-order chi connectivity index (χ1) is 15.8. The van der Waals surface area contributed by atoms with Gasteiger partial charge in [0.2, 0.25) is 0 Å². The number of carbonyl (C=O) groups is 1. The predicted molar refractivity (Wildman–Crippen MR) is 127 cm³/mol. The molecule has 3 aromatic carbocycles. The monoisotopic (exact) mass is 461 g/mol. The van der Waals surface area contributed by atoms with Gasteiger partial charge >= 0.3 is 0 Å². The molecule has 8 heteroatoms. The number of nitrogens with one attached hydrogen (secondary N) is 1. The third-order valence-corrected chi connectivity index (χ3v) is 7.38. The minimum atomic E-state index is -3.27. The van der Waals surface area contributed by atoms with Gasteiger partial charge in [-0.25, -0.2) is 13.1 Å². The first kappa shape index (κ1) is 21.2. The molecule has 0 saturated heterocycles. The lowest BCUT2D eigenvalue weighted by molar-refractivity contribution is -0.118. The highest BCUT2D eigenvalue weighted by Crippen LogP contribution is 2.34. The summed E-state index contributed by atoms with van der Waals surface area (Å²) in [6.07, 6.45) is 0. The second-order valence-electron chi connectivity index (χ2n) is 8.28. The van der Waals surface area contributed by atoms with Crippen LogP contribution in [0.3, 0.4) is 0 Å². The van der Waals surface area contributed by atoms with Crippen LogP contribution in [0.5, 0.6) is 5.75 Å². The maximum Gasteiger partial charge on any atom is 0.263 e. The van der Waals surface area contributed by atoms with E-state index in [1.165, 1.54) is 0 Å². The van der Waals surface area contributed by atoms with E-state index in [2.05, 4.69) is 10.4 Å². The van der Waals surface area contributed by atoms with Crippen LogP contribution in [-0.2, 0) is 26.1 Å². The summed E-state index contributed by atoms with van der Waals surface area (Å²) >= 11 is 0. The number of hydrogen-bond donors (Lipinski definition) is 1. The van der Waals surface area contributed by atoms with Gasteiger partial charge in [0, 0.05) is 5.56 Å². The van der Waals surface area contributed by atoms with Crippen LogP contribution < -0.4 is 10.1 Å². The molecule has 0 fully saturated rings. The number of fused-ring (bicyclic) bond motifs is 2. The molecule has 4 aromatic rings. The lowest BCUT2D eigenvalue weighted by Crippen LogP contribution is -2.23. The van der Waals surface area contributed by atoms with Crippen molar-refractivity contribution in [3.63, 3.8) is 0 Å². The van der Waals surface area contributed by atoms with Gasteiger partial charge in [0.15, 0.2) is 16.4 Å². The normalized spacial score (nSPS) is 14.2. The number of rotatable bonds is 5. The number of nitrogens with zero attached hydrogens (tertiary/aromatic N) is 2. The van der Waals surface area contributed by atoms with Gasteiger partial charge in [-0.05, 0) is 53.9 Å². The van der Waals surface area contributed by atoms with Crippen molar-refractivity contribution in [3.8, 4) is 11.4 Å². The largest absolute Gasteiger partial charge is 0.484 e. The van der Waals surface area contributed by atoms with Gasteiger partial charge in [0.1, 0.15) is 11.6 Å². The van der Waals surface area contributed by atoms with Gasteiger partial charge in [-0.2, -0.15) is 5.10 Å². The molecule has 1 aliphatic rings. The fourth-order valence-corrected chi connectivity index (χ4v) is 5.58. The molecule has 168 valence electrons. The number of sulfone groups is 1. The number of anilines is 1. The third kappa shape index (κ3) is 4.09. The molecule has 1 amide bonds. The molecule has 0 aliphatic carbocycles. The number of amides is 1. The summed E-state index contributed by atoms with van der Waals surface area (Å²) in [6.45, 7) is 3.76. The van der Waals surface area contributed by atoms with E-state index in [0.717, 1.165) is 27.6 Å². The van der Waals surface area contributed by atoms with Crippen molar-refractivity contribution < 1.29 is 17.9 Å². The fourth-order valence-electron chi connectivity index (χ4n) is 4.08. The molecule has 0 spiro atoms. The molecule has 1 aromatic heterocycles. The van der Waals surface area contributed by atoms with Crippen molar-refractivity contribution in [1.29, 1.82) is 0 Å². The number of ether oxygens (including phenoxy) is 1. The number of carbonyl (C=O) groups excluding carboxylic acids is 1. The van der Waals surface area contributed by atoms with Crippen molar-refractivity contribution in [2.45, 2.75) is 25.4 Å². The van der Waals surface area contributed by atoms with Crippen molar-refractivity contribution in [3.05, 3.63) is 83.0 Å². The van der Waals surface area contributed by atoms with E-state index in [4.69, 9.17) is 4.74 Å². The smallest absolute Gasteiger partial charge is 0.263 e. The van der Waals surface area contributed by atoms with Crippen LogP contribution in [0.25, 0.3) is 16.5 Å². The Labute approximate surface area is 191 Å². The Morgan fingerprint density at radius 3 is 2.64 bits per heavy atom. The van der Waals surface area contributed by atoms with Crippen molar-refractivity contribution in [1.82, 2.24) is 9.78 Å². The summed E-state index contributed by atoms with van der Waals surface area (Å²) in [6, 6.07) is 19.4. The van der Waals surface area contributed by atoms with E-state index in [1.54, 1.807) is 4.68 Å². The lowest BCUT2D eigenvalue weighted by Gasteiger charge is -2.14. The molecule has 1 aliphatic heterocycles. The topological polar surface area (TPSA) is 90.3 Å². The molecule has 0 saturated carbocycles. The zero-order chi connectivity index (χ0) is 23.2. The Bertz CT molecular complexity index is 1510. The Kier molecular flexibility index (Phi) is 5.17. The van der Waals surface area contributed by atoms with Crippen LogP contribution in [-0.4, -0.2) is 30.7 Å². The Morgan fingerprint density at radius 1 is 1.03 bits per heavy atom. The molecular weight excluding hydrogens is 438 g/mol. The van der Waals surface area contributed by atoms with Gasteiger partial charge in [-0.15, -0.1) is 0 Å². The van der Waals surface area contributed by atoms with Crippen molar-refractivity contribution in [2.75, 3.05) is 11.9 Å². The Balaban J connectivity index is 1.42. The number of hydrogen-bond acceptors (Lipinski definition) is 5. The highest BCUT2D eigenvalue weighted by atomic mass is 32.2. The number of benzene rings is 3. The first-order valence-electron chi connectivity index (χ1n) is 10.6. The highest BCUT2D eigenvalue weighted by Gasteiger charge is 2.33. The zero-order valence-corrected chi connectivity index (χ0v) is 19.1. The number of aromatic nitrogens is 2. The maximum absolute atomic E-state index is 12.8. The first-order valence-corrected chi connectivity index (χ1v) is 12.4. The Morgan fingerprint density at radius 2 is 1.82 bits per heavy atom. The molecule has 0 atom stereocenters. The number of aryl methyl sites for hydroxylation is 1. The molecule has 0 bridgehead atoms. The van der Waals surface area contributed by atoms with E-state index in [-0.39, 0.29) is 24.0 Å². The highest BCUT2D eigenvalue weighted by molar-refractivity contribution is 7.90. The van der Waals surface area contributed by atoms with E-state index in [9.17, 15) is 13.2 Å². The van der Waals surface area contributed by atoms with Crippen molar-refractivity contribution in [2.24, 2.45) is 0 Å². The minimum absolute atomic E-state index is 0.128. The second-order valence-corrected chi connectivity index (χ2v) is 10.3. The third-order valence-electron chi connectivity index (χ3n) is 5.94. The molecule has 33 heavy (non-hydrogen) atoms. The van der Waals surface area contributed by atoms with Crippen LogP contribution in [0.4, 0.5) is 5.82 Å². The van der Waals surface area contributed by atoms with Crippen molar-refractivity contribution >= 4 is 32.3 Å². The van der Waals surface area contributed by atoms with Gasteiger partial charge < -0.3 is 10.1 Å². The summed E-state index contributed by atoms with van der Waals surface area (Å²) in [5.41, 5.74) is 3.89. The molecule has 0 unspecified atom stereocenters. The summed E-state index contributed by atoms with van der Waals surface area (Å²) in [5.74, 6) is 0.304. The summed E-state index contributed by atoms with van der Waals surface area (Å²) in [7, 11) is -3.27. The van der Waals surface area contributed by atoms with Gasteiger partial charge in [0.25, 0.3) is 5.91 Å². The van der Waals surface area contributed by atoms with E-state index < -0.39 is 9.84 Å². The molecule has 2 heterocycles. The molecular formula is C25H23N3O4S.